The number of carbonyl (C=O) groups is 1. The molecule has 0 unspecified atom stereocenters. The van der Waals surface area contributed by atoms with Crippen molar-refractivity contribution in [3.8, 4) is 0 Å². The van der Waals surface area contributed by atoms with Crippen molar-refractivity contribution in [1.82, 2.24) is 10.2 Å². The summed E-state index contributed by atoms with van der Waals surface area (Å²) in [6.07, 6.45) is 5.48. The van der Waals surface area contributed by atoms with E-state index in [1.165, 1.54) is 6.42 Å². The molecule has 3 rings (SSSR count). The minimum absolute atomic E-state index is 0.101. The van der Waals surface area contributed by atoms with Crippen LogP contribution in [0.15, 0.2) is 24.3 Å². The molecule has 0 radical (unpaired) electrons. The van der Waals surface area contributed by atoms with Crippen LogP contribution in [0.3, 0.4) is 0 Å². The normalized spacial score (nSPS) is 18.4. The molecule has 1 heterocycles. The van der Waals surface area contributed by atoms with E-state index in [0.29, 0.717) is 5.82 Å². The van der Waals surface area contributed by atoms with Crippen LogP contribution in [-0.2, 0) is 4.79 Å². The van der Waals surface area contributed by atoms with E-state index in [1.807, 2.05) is 24.3 Å². The lowest BCUT2D eigenvalue weighted by Crippen LogP contribution is -2.35. The smallest absolute Gasteiger partial charge is 0.231 e. The van der Waals surface area contributed by atoms with Crippen molar-refractivity contribution in [3.63, 3.8) is 0 Å². The van der Waals surface area contributed by atoms with E-state index in [2.05, 4.69) is 22.4 Å². The Labute approximate surface area is 112 Å². The van der Waals surface area contributed by atoms with Gasteiger partial charge >= 0.3 is 0 Å². The van der Waals surface area contributed by atoms with E-state index in [4.69, 9.17) is 0 Å². The molecule has 2 N–H and O–H groups in total. The van der Waals surface area contributed by atoms with Gasteiger partial charge in [-0.25, -0.2) is 0 Å². The molecule has 19 heavy (non-hydrogen) atoms. The van der Waals surface area contributed by atoms with Gasteiger partial charge in [-0.1, -0.05) is 38.3 Å². The molecule has 1 saturated carbocycles. The third-order valence-corrected chi connectivity index (χ3v) is 4.21. The molecule has 0 spiro atoms. The molecule has 4 heteroatoms. The molecule has 1 aromatic heterocycles. The second-order valence-electron chi connectivity index (χ2n) is 5.69. The van der Waals surface area contributed by atoms with Gasteiger partial charge in [0.1, 0.15) is 0 Å². The maximum Gasteiger partial charge on any atom is 0.231 e. The summed E-state index contributed by atoms with van der Waals surface area (Å²) in [5.41, 5.74) is 0.713. The summed E-state index contributed by atoms with van der Waals surface area (Å²) in [4.78, 5) is 12.5. The average molecular weight is 257 g/mol. The Morgan fingerprint density at radius 2 is 2.00 bits per heavy atom. The molecule has 2 aromatic rings. The molecule has 1 aromatic carbocycles. The number of anilines is 1. The van der Waals surface area contributed by atoms with Crippen LogP contribution < -0.4 is 5.32 Å². The van der Waals surface area contributed by atoms with Crippen molar-refractivity contribution in [2.45, 2.75) is 39.0 Å². The average Bonchev–Trinajstić information content (AvgIpc) is 2.83. The van der Waals surface area contributed by atoms with Crippen LogP contribution in [0.5, 0.6) is 0 Å². The van der Waals surface area contributed by atoms with Crippen molar-refractivity contribution in [1.29, 1.82) is 0 Å². The summed E-state index contributed by atoms with van der Waals surface area (Å²) < 4.78 is 0. The van der Waals surface area contributed by atoms with Gasteiger partial charge in [0.2, 0.25) is 5.91 Å². The molecular formula is C15H19N3O. The van der Waals surface area contributed by atoms with Gasteiger partial charge in [-0.05, 0) is 25.0 Å². The number of aromatic nitrogens is 2. The summed E-state index contributed by atoms with van der Waals surface area (Å²) >= 11 is 0. The Kier molecular flexibility index (Phi) is 3.01. The fourth-order valence-electron chi connectivity index (χ4n) is 2.88. The third kappa shape index (κ3) is 2.23. The number of hydrogen-bond donors (Lipinski definition) is 2. The maximum absolute atomic E-state index is 12.5. The number of fused-ring (bicyclic) bond motifs is 1. The monoisotopic (exact) mass is 257 g/mol. The fraction of sp³-hybridized carbons (Fsp3) is 0.467. The van der Waals surface area contributed by atoms with Crippen molar-refractivity contribution in [2.75, 3.05) is 5.32 Å². The number of rotatable bonds is 2. The van der Waals surface area contributed by atoms with Gasteiger partial charge in [-0.3, -0.25) is 9.89 Å². The minimum Gasteiger partial charge on any atom is -0.308 e. The van der Waals surface area contributed by atoms with Crippen LogP contribution in [0.25, 0.3) is 10.9 Å². The molecule has 1 amide bonds. The second-order valence-corrected chi connectivity index (χ2v) is 5.69. The number of nitrogens with one attached hydrogen (secondary N) is 2. The molecule has 0 saturated heterocycles. The predicted octanol–water partition coefficient (Wildman–Crippen LogP) is 3.47. The standard InChI is InChI=1S/C15H19N3O/c1-15(9-5-2-6-10-15)14(19)16-13-11-7-3-4-8-12(11)17-18-13/h3-4,7-8H,2,5-6,9-10H2,1H3,(H2,16,17,18,19). The zero-order chi connectivity index (χ0) is 13.3. The van der Waals surface area contributed by atoms with Crippen LogP contribution in [0.1, 0.15) is 39.0 Å². The molecule has 0 aliphatic heterocycles. The third-order valence-electron chi connectivity index (χ3n) is 4.21. The number of aromatic amines is 1. The Morgan fingerprint density at radius 3 is 2.79 bits per heavy atom. The summed E-state index contributed by atoms with van der Waals surface area (Å²) in [6, 6.07) is 7.84. The molecular weight excluding hydrogens is 238 g/mol. The molecule has 0 bridgehead atoms. The van der Waals surface area contributed by atoms with Crippen molar-refractivity contribution < 1.29 is 4.79 Å². The van der Waals surface area contributed by atoms with E-state index in [1.54, 1.807) is 0 Å². The number of amides is 1. The highest BCUT2D eigenvalue weighted by Crippen LogP contribution is 2.37. The van der Waals surface area contributed by atoms with Crippen molar-refractivity contribution >= 4 is 22.6 Å². The molecule has 1 aliphatic carbocycles. The zero-order valence-electron chi connectivity index (χ0n) is 11.2. The first-order chi connectivity index (χ1) is 9.19. The van der Waals surface area contributed by atoms with Gasteiger partial charge in [0, 0.05) is 10.8 Å². The van der Waals surface area contributed by atoms with Crippen LogP contribution in [0, 0.1) is 5.41 Å². The summed E-state index contributed by atoms with van der Waals surface area (Å²) in [7, 11) is 0. The van der Waals surface area contributed by atoms with Crippen molar-refractivity contribution in [2.24, 2.45) is 5.41 Å². The SMILES string of the molecule is CC1(C(=O)Nc2n[nH]c3ccccc23)CCCCC1. The lowest BCUT2D eigenvalue weighted by molar-refractivity contribution is -0.126. The molecule has 1 fully saturated rings. The summed E-state index contributed by atoms with van der Waals surface area (Å²) in [5, 5.41) is 11.1. The first-order valence-corrected chi connectivity index (χ1v) is 6.94. The molecule has 1 aliphatic rings. The van der Waals surface area contributed by atoms with Crippen LogP contribution in [0.2, 0.25) is 0 Å². The highest BCUT2D eigenvalue weighted by Gasteiger charge is 2.34. The first-order valence-electron chi connectivity index (χ1n) is 6.94. The van der Waals surface area contributed by atoms with Crippen molar-refractivity contribution in [3.05, 3.63) is 24.3 Å². The fourth-order valence-corrected chi connectivity index (χ4v) is 2.88. The minimum atomic E-state index is -0.238. The number of benzene rings is 1. The van der Waals surface area contributed by atoms with Gasteiger partial charge < -0.3 is 5.32 Å². The van der Waals surface area contributed by atoms with Crippen LogP contribution in [0.4, 0.5) is 5.82 Å². The largest absolute Gasteiger partial charge is 0.308 e. The van der Waals surface area contributed by atoms with Crippen LogP contribution in [-0.4, -0.2) is 16.1 Å². The number of para-hydroxylation sites is 1. The molecule has 4 nitrogen and oxygen atoms in total. The second kappa shape index (κ2) is 4.68. The summed E-state index contributed by atoms with van der Waals surface area (Å²) in [6.45, 7) is 2.07. The van der Waals surface area contributed by atoms with E-state index >= 15 is 0 Å². The highest BCUT2D eigenvalue weighted by atomic mass is 16.2. The van der Waals surface area contributed by atoms with E-state index < -0.39 is 0 Å². The molecule has 0 atom stereocenters. The zero-order valence-corrected chi connectivity index (χ0v) is 11.2. The Bertz CT molecular complexity index is 596. The van der Waals surface area contributed by atoms with Gasteiger partial charge in [0.25, 0.3) is 0 Å². The molecule has 100 valence electrons. The van der Waals surface area contributed by atoms with E-state index in [9.17, 15) is 4.79 Å². The lowest BCUT2D eigenvalue weighted by Gasteiger charge is -2.31. The Balaban J connectivity index is 1.82. The number of nitrogens with zero attached hydrogens (tertiary/aromatic N) is 1. The maximum atomic E-state index is 12.5. The number of H-pyrrole nitrogens is 1. The Morgan fingerprint density at radius 1 is 1.26 bits per heavy atom. The number of hydrogen-bond acceptors (Lipinski definition) is 2. The number of carbonyl (C=O) groups excluding carboxylic acids is 1. The van der Waals surface area contributed by atoms with E-state index in [-0.39, 0.29) is 11.3 Å². The first kappa shape index (κ1) is 12.2. The van der Waals surface area contributed by atoms with Crippen LogP contribution >= 0.6 is 0 Å². The highest BCUT2D eigenvalue weighted by molar-refractivity contribution is 6.01. The topological polar surface area (TPSA) is 57.8 Å². The van der Waals surface area contributed by atoms with Gasteiger partial charge in [-0.15, -0.1) is 0 Å². The lowest BCUT2D eigenvalue weighted by atomic mass is 9.75. The van der Waals surface area contributed by atoms with Gasteiger partial charge in [-0.2, -0.15) is 5.10 Å². The predicted molar refractivity (Wildman–Crippen MR) is 75.9 cm³/mol. The van der Waals surface area contributed by atoms with Gasteiger partial charge in [0.05, 0.1) is 5.52 Å². The van der Waals surface area contributed by atoms with Gasteiger partial charge in [0.15, 0.2) is 5.82 Å². The Hall–Kier alpha value is -1.84. The summed E-state index contributed by atoms with van der Waals surface area (Å²) in [5.74, 6) is 0.747. The van der Waals surface area contributed by atoms with E-state index in [0.717, 1.165) is 36.6 Å². The quantitative estimate of drug-likeness (QED) is 0.865.